The largest absolute Gasteiger partial charge is 0.481 e. The molecule has 0 aromatic carbocycles. The fraction of sp³-hybridized carbons (Fsp3) is 0.857. The van der Waals surface area contributed by atoms with Crippen LogP contribution < -0.4 is 11.1 Å². The maximum absolute atomic E-state index is 10.4. The summed E-state index contributed by atoms with van der Waals surface area (Å²) in [5.74, 6) is -0.797. The van der Waals surface area contributed by atoms with Crippen molar-refractivity contribution >= 4 is 5.97 Å². The zero-order valence-corrected chi connectivity index (χ0v) is 6.47. The highest BCUT2D eigenvalue weighted by atomic mass is 16.4. The van der Waals surface area contributed by atoms with E-state index in [-0.39, 0.29) is 6.42 Å². The maximum Gasteiger partial charge on any atom is 0.305 e. The minimum Gasteiger partial charge on any atom is -0.481 e. The van der Waals surface area contributed by atoms with Crippen LogP contribution in [-0.2, 0) is 4.79 Å². The number of carbonyl (C=O) groups is 1. The van der Waals surface area contributed by atoms with Crippen molar-refractivity contribution in [3.63, 3.8) is 0 Å². The minimum atomic E-state index is -0.797. The molecule has 1 fully saturated rings. The fourth-order valence-corrected chi connectivity index (χ4v) is 1.40. The second kappa shape index (κ2) is 3.19. The van der Waals surface area contributed by atoms with Crippen molar-refractivity contribution in [1.82, 2.24) is 5.32 Å². The molecule has 4 nitrogen and oxygen atoms in total. The zero-order chi connectivity index (χ0) is 8.32. The van der Waals surface area contributed by atoms with Crippen LogP contribution in [-0.4, -0.2) is 29.7 Å². The van der Waals surface area contributed by atoms with Crippen molar-refractivity contribution in [2.24, 2.45) is 5.73 Å². The first-order chi connectivity index (χ1) is 5.12. The van der Waals surface area contributed by atoms with E-state index in [2.05, 4.69) is 5.32 Å². The van der Waals surface area contributed by atoms with E-state index >= 15 is 0 Å². The van der Waals surface area contributed by atoms with Gasteiger partial charge in [-0.1, -0.05) is 0 Å². The van der Waals surface area contributed by atoms with Crippen LogP contribution in [0.4, 0.5) is 0 Å². The molecule has 1 rings (SSSR count). The molecule has 0 aliphatic carbocycles. The van der Waals surface area contributed by atoms with Gasteiger partial charge in [-0.3, -0.25) is 4.79 Å². The Morgan fingerprint density at radius 3 is 2.55 bits per heavy atom. The molecule has 0 atom stereocenters. The Morgan fingerprint density at radius 1 is 1.55 bits per heavy atom. The summed E-state index contributed by atoms with van der Waals surface area (Å²) in [6, 6.07) is 0. The lowest BCUT2D eigenvalue weighted by Crippen LogP contribution is -2.50. The molecule has 0 aromatic heterocycles. The van der Waals surface area contributed by atoms with Gasteiger partial charge >= 0.3 is 5.97 Å². The van der Waals surface area contributed by atoms with Crippen molar-refractivity contribution in [2.45, 2.75) is 24.8 Å². The van der Waals surface area contributed by atoms with E-state index in [9.17, 15) is 4.79 Å². The van der Waals surface area contributed by atoms with Crippen molar-refractivity contribution in [3.8, 4) is 0 Å². The number of carboxylic acids is 1. The Hall–Kier alpha value is -0.610. The summed E-state index contributed by atoms with van der Waals surface area (Å²) in [5, 5.41) is 11.7. The number of carboxylic acid groups (broad SMARTS) is 1. The van der Waals surface area contributed by atoms with Crippen LogP contribution in [0.25, 0.3) is 0 Å². The molecule has 1 aliphatic rings. The predicted molar refractivity (Wildman–Crippen MR) is 41.3 cm³/mol. The highest BCUT2D eigenvalue weighted by Gasteiger charge is 2.29. The molecule has 0 unspecified atom stereocenters. The van der Waals surface area contributed by atoms with Crippen molar-refractivity contribution in [1.29, 1.82) is 0 Å². The van der Waals surface area contributed by atoms with Crippen molar-refractivity contribution < 1.29 is 9.90 Å². The lowest BCUT2D eigenvalue weighted by atomic mass is 9.86. The minimum absolute atomic E-state index is 0.0919. The van der Waals surface area contributed by atoms with Crippen LogP contribution >= 0.6 is 0 Å². The zero-order valence-electron chi connectivity index (χ0n) is 6.47. The van der Waals surface area contributed by atoms with Gasteiger partial charge in [-0.05, 0) is 25.9 Å². The van der Waals surface area contributed by atoms with Gasteiger partial charge in [0, 0.05) is 5.54 Å². The molecule has 1 aliphatic heterocycles. The van der Waals surface area contributed by atoms with Crippen LogP contribution in [0.3, 0.4) is 0 Å². The summed E-state index contributed by atoms with van der Waals surface area (Å²) in [7, 11) is 0. The van der Waals surface area contributed by atoms with E-state index in [1.54, 1.807) is 0 Å². The van der Waals surface area contributed by atoms with Crippen LogP contribution in [0.15, 0.2) is 0 Å². The van der Waals surface area contributed by atoms with Crippen LogP contribution in [0.2, 0.25) is 0 Å². The second-order valence-corrected chi connectivity index (χ2v) is 3.18. The van der Waals surface area contributed by atoms with E-state index in [0.717, 1.165) is 25.9 Å². The third kappa shape index (κ3) is 2.48. The van der Waals surface area contributed by atoms with Gasteiger partial charge in [-0.15, -0.1) is 0 Å². The Bertz CT molecular complexity index is 153. The van der Waals surface area contributed by atoms with Crippen molar-refractivity contribution in [2.75, 3.05) is 13.1 Å². The van der Waals surface area contributed by atoms with E-state index in [1.165, 1.54) is 0 Å². The van der Waals surface area contributed by atoms with Gasteiger partial charge in [0.1, 0.15) is 0 Å². The molecular weight excluding hydrogens is 144 g/mol. The summed E-state index contributed by atoms with van der Waals surface area (Å²) in [6.45, 7) is 1.67. The van der Waals surface area contributed by atoms with E-state index in [1.807, 2.05) is 0 Å². The van der Waals surface area contributed by atoms with Crippen LogP contribution in [0, 0.1) is 0 Å². The molecule has 11 heavy (non-hydrogen) atoms. The maximum atomic E-state index is 10.4. The number of hydrogen-bond acceptors (Lipinski definition) is 3. The normalized spacial score (nSPS) is 23.0. The summed E-state index contributed by atoms with van der Waals surface area (Å²) in [6.07, 6.45) is 1.62. The average molecular weight is 158 g/mol. The highest BCUT2D eigenvalue weighted by molar-refractivity contribution is 5.68. The summed E-state index contributed by atoms with van der Waals surface area (Å²) < 4.78 is 0. The second-order valence-electron chi connectivity index (χ2n) is 3.18. The molecule has 0 bridgehead atoms. The van der Waals surface area contributed by atoms with E-state index < -0.39 is 11.5 Å². The average Bonchev–Trinajstić information content (AvgIpc) is 1.85. The van der Waals surface area contributed by atoms with Gasteiger partial charge in [-0.2, -0.15) is 0 Å². The molecule has 1 heterocycles. The predicted octanol–water partition coefficient (Wildman–Crippen LogP) is -0.458. The SMILES string of the molecule is NC1(CC(=O)O)CCNCC1. The van der Waals surface area contributed by atoms with Gasteiger partial charge in [0.25, 0.3) is 0 Å². The topological polar surface area (TPSA) is 75.4 Å². The number of nitrogens with two attached hydrogens (primary N) is 1. The highest BCUT2D eigenvalue weighted by Crippen LogP contribution is 2.18. The molecular formula is C7H14N2O2. The standard InChI is InChI=1S/C7H14N2O2/c8-7(5-6(10)11)1-3-9-4-2-7/h9H,1-5,8H2,(H,10,11). The van der Waals surface area contributed by atoms with Gasteiger partial charge in [-0.25, -0.2) is 0 Å². The Morgan fingerprint density at radius 2 is 2.09 bits per heavy atom. The number of hydrogen-bond donors (Lipinski definition) is 3. The summed E-state index contributed by atoms with van der Waals surface area (Å²) in [5.41, 5.74) is 5.38. The molecule has 4 heteroatoms. The molecule has 0 aromatic rings. The van der Waals surface area contributed by atoms with Crippen molar-refractivity contribution in [3.05, 3.63) is 0 Å². The fourth-order valence-electron chi connectivity index (χ4n) is 1.40. The molecule has 64 valence electrons. The van der Waals surface area contributed by atoms with E-state index in [0.29, 0.717) is 0 Å². The van der Waals surface area contributed by atoms with Gasteiger partial charge in [0.15, 0.2) is 0 Å². The Kier molecular flexibility index (Phi) is 2.46. The molecule has 0 spiro atoms. The number of nitrogens with one attached hydrogen (secondary N) is 1. The van der Waals surface area contributed by atoms with Gasteiger partial charge in [0.05, 0.1) is 6.42 Å². The summed E-state index contributed by atoms with van der Waals surface area (Å²) in [4.78, 5) is 10.4. The first-order valence-corrected chi connectivity index (χ1v) is 3.84. The molecule has 0 radical (unpaired) electrons. The molecule has 1 saturated heterocycles. The molecule has 0 saturated carbocycles. The van der Waals surface area contributed by atoms with Gasteiger partial charge in [0.2, 0.25) is 0 Å². The Balaban J connectivity index is 2.43. The Labute approximate surface area is 65.8 Å². The lowest BCUT2D eigenvalue weighted by Gasteiger charge is -2.32. The number of aliphatic carboxylic acids is 1. The van der Waals surface area contributed by atoms with E-state index in [4.69, 9.17) is 10.8 Å². The third-order valence-corrected chi connectivity index (χ3v) is 2.10. The van der Waals surface area contributed by atoms with Crippen LogP contribution in [0.5, 0.6) is 0 Å². The monoisotopic (exact) mass is 158 g/mol. The lowest BCUT2D eigenvalue weighted by molar-refractivity contribution is -0.138. The molecule has 4 N–H and O–H groups in total. The van der Waals surface area contributed by atoms with Crippen LogP contribution in [0.1, 0.15) is 19.3 Å². The smallest absolute Gasteiger partial charge is 0.305 e. The third-order valence-electron chi connectivity index (χ3n) is 2.10. The number of piperidine rings is 1. The molecule has 0 amide bonds. The first kappa shape index (κ1) is 8.49. The first-order valence-electron chi connectivity index (χ1n) is 3.84. The quantitative estimate of drug-likeness (QED) is 0.508. The number of rotatable bonds is 2. The summed E-state index contributed by atoms with van der Waals surface area (Å²) >= 11 is 0. The van der Waals surface area contributed by atoms with Gasteiger partial charge < -0.3 is 16.2 Å².